The molecular weight excluding hydrogens is 594 g/mol. The number of carbonyl (C=O) groups excluding carboxylic acids is 3. The van der Waals surface area contributed by atoms with Crippen molar-refractivity contribution < 1.29 is 47.5 Å². The van der Waals surface area contributed by atoms with Crippen molar-refractivity contribution in [2.75, 3.05) is 41.3 Å². The minimum atomic E-state index is -0.812. The zero-order valence-electron chi connectivity index (χ0n) is 26.2. The van der Waals surface area contributed by atoms with Crippen molar-refractivity contribution in [1.29, 1.82) is 0 Å². The van der Waals surface area contributed by atoms with Gasteiger partial charge in [-0.15, -0.1) is 0 Å². The predicted molar refractivity (Wildman–Crippen MR) is 164 cm³/mol. The van der Waals surface area contributed by atoms with E-state index in [1.165, 1.54) is 21.3 Å². The predicted octanol–water partition coefficient (Wildman–Crippen LogP) is 4.66. The summed E-state index contributed by atoms with van der Waals surface area (Å²) in [5.41, 5.74) is 3.25. The van der Waals surface area contributed by atoms with Gasteiger partial charge in [0.05, 0.1) is 40.3 Å². The summed E-state index contributed by atoms with van der Waals surface area (Å²) in [6.07, 6.45) is -0.962. The number of hydrogen-bond donors (Lipinski definition) is 1. The van der Waals surface area contributed by atoms with E-state index in [9.17, 15) is 14.4 Å². The first-order valence-electron chi connectivity index (χ1n) is 15.2. The number of methoxy groups -OCH3 is 3. The van der Waals surface area contributed by atoms with Crippen molar-refractivity contribution in [2.45, 2.75) is 37.7 Å². The molecule has 2 heterocycles. The van der Waals surface area contributed by atoms with Crippen molar-refractivity contribution >= 4 is 17.8 Å². The van der Waals surface area contributed by atoms with E-state index < -0.39 is 35.8 Å². The van der Waals surface area contributed by atoms with E-state index >= 15 is 0 Å². The Labute approximate surface area is 267 Å². The quantitative estimate of drug-likeness (QED) is 0.299. The highest BCUT2D eigenvalue weighted by Gasteiger charge is 2.54. The van der Waals surface area contributed by atoms with Crippen LogP contribution in [0, 0.1) is 11.8 Å². The summed E-state index contributed by atoms with van der Waals surface area (Å²) < 4.78 is 39.8. The van der Waals surface area contributed by atoms with Crippen molar-refractivity contribution in [2.24, 2.45) is 11.8 Å². The van der Waals surface area contributed by atoms with Gasteiger partial charge in [-0.2, -0.15) is 0 Å². The highest BCUT2D eigenvalue weighted by Crippen LogP contribution is 2.56. The van der Waals surface area contributed by atoms with Crippen LogP contribution >= 0.6 is 0 Å². The normalized spacial score (nSPS) is 21.3. The monoisotopic (exact) mass is 631 g/mol. The van der Waals surface area contributed by atoms with Gasteiger partial charge in [-0.05, 0) is 46.9 Å². The fourth-order valence-electron chi connectivity index (χ4n) is 6.61. The third-order valence-corrected chi connectivity index (χ3v) is 8.95. The van der Waals surface area contributed by atoms with E-state index in [1.54, 1.807) is 6.07 Å². The second kappa shape index (κ2) is 13.2. The first-order chi connectivity index (χ1) is 22.3. The minimum Gasteiger partial charge on any atom is -0.493 e. The molecule has 3 aromatic carbocycles. The molecule has 0 unspecified atom stereocenters. The molecule has 242 valence electrons. The highest BCUT2D eigenvalue weighted by atomic mass is 16.7. The first kappa shape index (κ1) is 31.1. The van der Waals surface area contributed by atoms with E-state index in [4.69, 9.17) is 33.2 Å². The van der Waals surface area contributed by atoms with Gasteiger partial charge in [-0.25, -0.2) is 0 Å². The Hall–Kier alpha value is -4.93. The van der Waals surface area contributed by atoms with E-state index in [0.29, 0.717) is 40.9 Å². The molecule has 5 atom stereocenters. The van der Waals surface area contributed by atoms with Crippen LogP contribution in [0.2, 0.25) is 0 Å². The number of amides is 1. The second-order valence-corrected chi connectivity index (χ2v) is 11.6. The summed E-state index contributed by atoms with van der Waals surface area (Å²) >= 11 is 0. The number of esters is 2. The lowest BCUT2D eigenvalue weighted by Crippen LogP contribution is -2.36. The van der Waals surface area contributed by atoms with Crippen molar-refractivity contribution in [3.05, 3.63) is 76.9 Å². The lowest BCUT2D eigenvalue weighted by Gasteiger charge is -2.38. The van der Waals surface area contributed by atoms with Gasteiger partial charge < -0.3 is 38.5 Å². The number of ether oxygens (including phenoxy) is 7. The topological polar surface area (TPSA) is 128 Å². The Balaban J connectivity index is 1.26. The molecule has 6 rings (SSSR count). The number of carbonyl (C=O) groups is 3. The van der Waals surface area contributed by atoms with Gasteiger partial charge in [0, 0.05) is 30.4 Å². The first-order valence-corrected chi connectivity index (χ1v) is 15.2. The van der Waals surface area contributed by atoms with Gasteiger partial charge in [0.2, 0.25) is 18.4 Å². The van der Waals surface area contributed by atoms with E-state index in [0.717, 1.165) is 16.7 Å². The molecule has 1 saturated heterocycles. The minimum absolute atomic E-state index is 0.0291. The van der Waals surface area contributed by atoms with Gasteiger partial charge in [0.25, 0.3) is 0 Å². The van der Waals surface area contributed by atoms with Crippen LogP contribution in [0.15, 0.2) is 54.6 Å². The summed E-state index contributed by atoms with van der Waals surface area (Å²) in [7, 11) is 4.58. The molecular formula is C35H37NO10. The van der Waals surface area contributed by atoms with Gasteiger partial charge >= 0.3 is 11.9 Å². The Morgan fingerprint density at radius 2 is 1.57 bits per heavy atom. The standard InChI is InChI=1S/C35H37NO10/c1-19(20-8-6-5-7-9-20)16-36-29(37)10-11-30(38)46-33-23-15-26-25(44-18-45-26)14-22(23)31(32-24(33)17-43-35(32)39)21-12-27(40-2)34(42-4)28(13-21)41-3/h5-9,12-15,19,24,31-33H,10-11,16-18H2,1-4H3,(H,36,37)/t19-,24+,31-,32+,33+/m0/s1. The molecule has 1 aliphatic carbocycles. The lowest BCUT2D eigenvalue weighted by atomic mass is 9.66. The average Bonchev–Trinajstić information content (AvgIpc) is 3.71. The van der Waals surface area contributed by atoms with Crippen LogP contribution in [0.5, 0.6) is 28.7 Å². The molecule has 0 bridgehead atoms. The summed E-state index contributed by atoms with van der Waals surface area (Å²) in [4.78, 5) is 39.3. The maximum Gasteiger partial charge on any atom is 0.310 e. The maximum absolute atomic E-state index is 13.4. The van der Waals surface area contributed by atoms with Gasteiger partial charge in [0.15, 0.2) is 23.0 Å². The van der Waals surface area contributed by atoms with Crippen molar-refractivity contribution in [3.8, 4) is 28.7 Å². The number of cyclic esters (lactones) is 1. The molecule has 0 saturated carbocycles. The van der Waals surface area contributed by atoms with Crippen LogP contribution in [0.1, 0.15) is 60.0 Å². The smallest absolute Gasteiger partial charge is 0.310 e. The largest absolute Gasteiger partial charge is 0.493 e. The summed E-state index contributed by atoms with van der Waals surface area (Å²) in [6, 6.07) is 17.1. The Morgan fingerprint density at radius 1 is 0.891 bits per heavy atom. The Bertz CT molecular complexity index is 1600. The van der Waals surface area contributed by atoms with Gasteiger partial charge in [-0.1, -0.05) is 37.3 Å². The Morgan fingerprint density at radius 3 is 2.22 bits per heavy atom. The molecule has 0 radical (unpaired) electrons. The SMILES string of the molecule is COc1cc([C@H]2c3cc4c(cc3[C@@H](OC(=O)CCC(=O)NC[C@H](C)c3ccccc3)[C@@H]3COC(=O)[C@@H]23)OCO4)cc(OC)c1OC. The fraction of sp³-hybridized carbons (Fsp3) is 0.400. The third-order valence-electron chi connectivity index (χ3n) is 8.95. The maximum atomic E-state index is 13.4. The molecule has 46 heavy (non-hydrogen) atoms. The molecule has 0 aromatic heterocycles. The Kier molecular flexibility index (Phi) is 8.92. The van der Waals surface area contributed by atoms with Crippen LogP contribution in [0.25, 0.3) is 0 Å². The number of fused-ring (bicyclic) bond motifs is 3. The zero-order chi connectivity index (χ0) is 32.4. The van der Waals surface area contributed by atoms with Crippen LogP contribution in [-0.2, 0) is 23.9 Å². The van der Waals surface area contributed by atoms with E-state index in [-0.39, 0.29) is 38.1 Å². The molecule has 1 amide bonds. The van der Waals surface area contributed by atoms with Crippen molar-refractivity contribution in [3.63, 3.8) is 0 Å². The van der Waals surface area contributed by atoms with Gasteiger partial charge in [-0.3, -0.25) is 14.4 Å². The molecule has 2 aliphatic heterocycles. The van der Waals surface area contributed by atoms with E-state index in [1.807, 2.05) is 55.5 Å². The summed E-state index contributed by atoms with van der Waals surface area (Å²) in [5.74, 6) is -0.428. The summed E-state index contributed by atoms with van der Waals surface area (Å²) in [5, 5.41) is 2.91. The van der Waals surface area contributed by atoms with Crippen LogP contribution < -0.4 is 29.0 Å². The number of benzene rings is 3. The number of nitrogens with one attached hydrogen (secondary N) is 1. The molecule has 11 nitrogen and oxygen atoms in total. The van der Waals surface area contributed by atoms with Crippen LogP contribution in [0.4, 0.5) is 0 Å². The molecule has 11 heteroatoms. The lowest BCUT2D eigenvalue weighted by molar-refractivity contribution is -0.155. The molecule has 3 aliphatic rings. The molecule has 0 spiro atoms. The van der Waals surface area contributed by atoms with Crippen molar-refractivity contribution in [1.82, 2.24) is 5.32 Å². The summed E-state index contributed by atoms with van der Waals surface area (Å²) in [6.45, 7) is 2.59. The van der Waals surface area contributed by atoms with Crippen LogP contribution in [0.3, 0.4) is 0 Å². The fourth-order valence-corrected chi connectivity index (χ4v) is 6.61. The highest BCUT2D eigenvalue weighted by molar-refractivity contribution is 5.82. The molecule has 1 N–H and O–H groups in total. The number of hydrogen-bond acceptors (Lipinski definition) is 10. The van der Waals surface area contributed by atoms with Gasteiger partial charge in [0.1, 0.15) is 6.10 Å². The zero-order valence-corrected chi connectivity index (χ0v) is 26.2. The van der Waals surface area contributed by atoms with Crippen LogP contribution in [-0.4, -0.2) is 59.1 Å². The third kappa shape index (κ3) is 5.89. The van der Waals surface area contributed by atoms with E-state index in [2.05, 4.69) is 5.32 Å². The molecule has 1 fully saturated rings. The molecule has 3 aromatic rings. The number of rotatable bonds is 11. The second-order valence-electron chi connectivity index (χ2n) is 11.6. The average molecular weight is 632 g/mol.